The quantitative estimate of drug-likeness (QED) is 0.852. The molecule has 0 saturated heterocycles. The highest BCUT2D eigenvalue weighted by Gasteiger charge is 2.09. The van der Waals surface area contributed by atoms with Crippen LogP contribution >= 0.6 is 34.3 Å². The molecule has 0 bridgehead atoms. The predicted octanol–water partition coefficient (Wildman–Crippen LogP) is 3.52. The van der Waals surface area contributed by atoms with Gasteiger partial charge >= 0.3 is 0 Å². The number of aromatic nitrogens is 1. The number of ketones is 1. The fourth-order valence-electron chi connectivity index (χ4n) is 1.36. The zero-order chi connectivity index (χ0) is 11.5. The number of hydrogen-bond acceptors (Lipinski definition) is 4. The van der Waals surface area contributed by atoms with Crippen molar-refractivity contribution in [2.75, 3.05) is 0 Å². The average molecular weight is 272 g/mol. The number of halogens is 1. The molecule has 0 N–H and O–H groups in total. The Morgan fingerprint density at radius 2 is 2.25 bits per heavy atom. The summed E-state index contributed by atoms with van der Waals surface area (Å²) in [5.41, 5.74) is 0.979. The van der Waals surface area contributed by atoms with Crippen LogP contribution in [0.4, 0.5) is 0 Å². The van der Waals surface area contributed by atoms with Gasteiger partial charge in [0.1, 0.15) is 10.8 Å². The summed E-state index contributed by atoms with van der Waals surface area (Å²) < 4.78 is 0.730. The van der Waals surface area contributed by atoms with E-state index >= 15 is 0 Å². The average Bonchev–Trinajstić information content (AvgIpc) is 2.76. The molecule has 0 fully saturated rings. The Hall–Kier alpha value is -0.710. The van der Waals surface area contributed by atoms with E-state index in [4.69, 9.17) is 11.6 Å². The number of Topliss-reactive ketones (excluding diaryl/α,β-unsaturated/α-hetero) is 1. The van der Waals surface area contributed by atoms with Crippen molar-refractivity contribution in [3.05, 3.63) is 37.4 Å². The Bertz CT molecular complexity index is 459. The molecule has 0 aromatic carbocycles. The maximum absolute atomic E-state index is 11.7. The molecule has 0 atom stereocenters. The van der Waals surface area contributed by atoms with Crippen LogP contribution in [0.5, 0.6) is 0 Å². The minimum Gasteiger partial charge on any atom is -0.299 e. The lowest BCUT2D eigenvalue weighted by molar-refractivity contribution is -0.117. The molecular weight excluding hydrogens is 262 g/mol. The van der Waals surface area contributed by atoms with Crippen molar-refractivity contribution in [1.82, 2.24) is 4.98 Å². The summed E-state index contributed by atoms with van der Waals surface area (Å²) in [5.74, 6) is 0.188. The van der Waals surface area contributed by atoms with Crippen molar-refractivity contribution in [1.29, 1.82) is 0 Å². The molecule has 2 heterocycles. The highest BCUT2D eigenvalue weighted by molar-refractivity contribution is 7.16. The zero-order valence-electron chi connectivity index (χ0n) is 8.70. The van der Waals surface area contributed by atoms with E-state index in [1.807, 2.05) is 24.4 Å². The number of rotatable bonds is 4. The molecule has 2 aromatic heterocycles. The van der Waals surface area contributed by atoms with E-state index in [0.717, 1.165) is 19.9 Å². The summed E-state index contributed by atoms with van der Waals surface area (Å²) in [4.78, 5) is 17.0. The van der Waals surface area contributed by atoms with Crippen LogP contribution < -0.4 is 0 Å². The minimum atomic E-state index is 0.188. The summed E-state index contributed by atoms with van der Waals surface area (Å²) in [6, 6.07) is 3.72. The second-order valence-electron chi connectivity index (χ2n) is 3.48. The van der Waals surface area contributed by atoms with Gasteiger partial charge in [-0.25, -0.2) is 4.98 Å². The molecule has 0 aliphatic carbocycles. The second kappa shape index (κ2) is 5.08. The molecule has 0 unspecified atom stereocenters. The van der Waals surface area contributed by atoms with Crippen molar-refractivity contribution >= 4 is 40.1 Å². The monoisotopic (exact) mass is 271 g/mol. The summed E-state index contributed by atoms with van der Waals surface area (Å²) >= 11 is 8.80. The van der Waals surface area contributed by atoms with Crippen LogP contribution in [0, 0.1) is 6.92 Å². The van der Waals surface area contributed by atoms with E-state index in [1.165, 1.54) is 22.7 Å². The number of carbonyl (C=O) groups is 1. The lowest BCUT2D eigenvalue weighted by atomic mass is 10.2. The first kappa shape index (κ1) is 11.8. The summed E-state index contributed by atoms with van der Waals surface area (Å²) in [6.45, 7) is 1.93. The van der Waals surface area contributed by atoms with Gasteiger partial charge in [-0.1, -0.05) is 11.6 Å². The standard InChI is InChI=1S/C11H10ClNOS2/c1-7-6-15-11(13-7)5-8(14)4-9-2-3-10(12)16-9/h2-3,6H,4-5H2,1H3. The second-order valence-corrected chi connectivity index (χ2v) is 6.22. The molecule has 0 saturated carbocycles. The third-order valence-corrected chi connectivity index (χ3v) is 4.21. The maximum atomic E-state index is 11.7. The third kappa shape index (κ3) is 3.14. The van der Waals surface area contributed by atoms with Gasteiger partial charge < -0.3 is 0 Å². The van der Waals surface area contributed by atoms with E-state index in [-0.39, 0.29) is 5.78 Å². The van der Waals surface area contributed by atoms with Crippen molar-refractivity contribution in [2.45, 2.75) is 19.8 Å². The van der Waals surface area contributed by atoms with Crippen molar-refractivity contribution in [2.24, 2.45) is 0 Å². The van der Waals surface area contributed by atoms with E-state index in [9.17, 15) is 4.79 Å². The Balaban J connectivity index is 1.94. The number of aryl methyl sites for hydroxylation is 1. The van der Waals surface area contributed by atoms with Gasteiger partial charge in [0.15, 0.2) is 0 Å². The smallest absolute Gasteiger partial charge is 0.144 e. The van der Waals surface area contributed by atoms with Gasteiger partial charge in [-0.15, -0.1) is 22.7 Å². The molecule has 5 heteroatoms. The fraction of sp³-hybridized carbons (Fsp3) is 0.273. The van der Waals surface area contributed by atoms with E-state index in [0.29, 0.717) is 12.8 Å². The van der Waals surface area contributed by atoms with E-state index in [1.54, 1.807) is 0 Å². The van der Waals surface area contributed by atoms with Crippen LogP contribution in [-0.4, -0.2) is 10.8 Å². The third-order valence-electron chi connectivity index (χ3n) is 2.02. The number of hydrogen-bond donors (Lipinski definition) is 0. The van der Waals surface area contributed by atoms with Crippen molar-refractivity contribution < 1.29 is 4.79 Å². The molecule has 0 amide bonds. The van der Waals surface area contributed by atoms with Crippen LogP contribution in [-0.2, 0) is 17.6 Å². The zero-order valence-corrected chi connectivity index (χ0v) is 11.1. The summed E-state index contributed by atoms with van der Waals surface area (Å²) in [5, 5.41) is 2.86. The number of nitrogens with zero attached hydrogens (tertiary/aromatic N) is 1. The highest BCUT2D eigenvalue weighted by Crippen LogP contribution is 2.22. The topological polar surface area (TPSA) is 30.0 Å². The van der Waals surface area contributed by atoms with Gasteiger partial charge in [0.2, 0.25) is 0 Å². The van der Waals surface area contributed by atoms with Gasteiger partial charge in [-0.3, -0.25) is 4.79 Å². The molecule has 0 spiro atoms. The molecule has 2 rings (SSSR count). The van der Waals surface area contributed by atoms with Crippen LogP contribution in [0.2, 0.25) is 4.34 Å². The highest BCUT2D eigenvalue weighted by atomic mass is 35.5. The molecular formula is C11H10ClNOS2. The molecule has 0 aliphatic rings. The largest absolute Gasteiger partial charge is 0.299 e. The van der Waals surface area contributed by atoms with Crippen molar-refractivity contribution in [3.8, 4) is 0 Å². The number of thiazole rings is 1. The van der Waals surface area contributed by atoms with Crippen LogP contribution in [0.3, 0.4) is 0 Å². The van der Waals surface area contributed by atoms with Gasteiger partial charge in [0.05, 0.1) is 10.8 Å². The van der Waals surface area contributed by atoms with Crippen LogP contribution in [0.1, 0.15) is 15.6 Å². The summed E-state index contributed by atoms with van der Waals surface area (Å²) in [7, 11) is 0. The Labute approximate surface area is 107 Å². The first-order valence-corrected chi connectivity index (χ1v) is 6.88. The lowest BCUT2D eigenvalue weighted by Crippen LogP contribution is -2.05. The van der Waals surface area contributed by atoms with Gasteiger partial charge in [-0.05, 0) is 19.1 Å². The van der Waals surface area contributed by atoms with Gasteiger partial charge in [-0.2, -0.15) is 0 Å². The van der Waals surface area contributed by atoms with E-state index < -0.39 is 0 Å². The minimum absolute atomic E-state index is 0.188. The maximum Gasteiger partial charge on any atom is 0.144 e. The number of thiophene rings is 1. The first-order valence-electron chi connectivity index (χ1n) is 4.80. The van der Waals surface area contributed by atoms with Crippen molar-refractivity contribution in [3.63, 3.8) is 0 Å². The molecule has 84 valence electrons. The lowest BCUT2D eigenvalue weighted by Gasteiger charge is -1.95. The molecule has 0 aliphatic heterocycles. The molecule has 2 nitrogen and oxygen atoms in total. The predicted molar refractivity (Wildman–Crippen MR) is 68.6 cm³/mol. The van der Waals surface area contributed by atoms with Gasteiger partial charge in [0.25, 0.3) is 0 Å². The first-order chi connectivity index (χ1) is 7.63. The fourth-order valence-corrected chi connectivity index (χ4v) is 3.27. The Morgan fingerprint density at radius 3 is 2.81 bits per heavy atom. The Kier molecular flexibility index (Phi) is 3.74. The van der Waals surface area contributed by atoms with Crippen LogP contribution in [0.15, 0.2) is 17.5 Å². The molecule has 16 heavy (non-hydrogen) atoms. The van der Waals surface area contributed by atoms with Gasteiger partial charge in [0, 0.05) is 22.4 Å². The summed E-state index contributed by atoms with van der Waals surface area (Å²) in [6.07, 6.45) is 0.879. The Morgan fingerprint density at radius 1 is 1.44 bits per heavy atom. The normalized spacial score (nSPS) is 10.6. The number of carbonyl (C=O) groups excluding carboxylic acids is 1. The van der Waals surface area contributed by atoms with Crippen LogP contribution in [0.25, 0.3) is 0 Å². The molecule has 0 radical (unpaired) electrons. The van der Waals surface area contributed by atoms with E-state index in [2.05, 4.69) is 4.98 Å². The SMILES string of the molecule is Cc1csc(CC(=O)Cc2ccc(Cl)s2)n1. The molecule has 2 aromatic rings.